The van der Waals surface area contributed by atoms with Gasteiger partial charge in [-0.15, -0.1) is 0 Å². The summed E-state index contributed by atoms with van der Waals surface area (Å²) >= 11 is 5.30. The van der Waals surface area contributed by atoms with Crippen molar-refractivity contribution in [2.24, 2.45) is 0 Å². The number of hydrogen-bond donors (Lipinski definition) is 0. The van der Waals surface area contributed by atoms with E-state index in [2.05, 4.69) is 4.98 Å². The molecule has 0 spiro atoms. The minimum atomic E-state index is -3.05. The summed E-state index contributed by atoms with van der Waals surface area (Å²) in [6.45, 7) is 0. The van der Waals surface area contributed by atoms with E-state index in [1.807, 2.05) is 0 Å². The largest absolute Gasteiger partial charge is 0.268 e. The molecule has 1 heterocycles. The van der Waals surface area contributed by atoms with Gasteiger partial charge < -0.3 is 0 Å². The maximum absolute atomic E-state index is 12.7. The second-order valence-corrected chi connectivity index (χ2v) is 2.47. The quantitative estimate of drug-likeness (QED) is 0.708. The highest BCUT2D eigenvalue weighted by Crippen LogP contribution is 2.30. The van der Waals surface area contributed by atoms with Gasteiger partial charge in [0.2, 0.25) is 0 Å². The third-order valence-corrected chi connectivity index (χ3v) is 1.72. The lowest BCUT2D eigenvalue weighted by Gasteiger charge is -2.04. The molecule has 0 N–H and O–H groups in total. The number of rotatable bonds is 1. The highest BCUT2D eigenvalue weighted by Gasteiger charge is 2.20. The number of halogens is 4. The number of pyridine rings is 1. The summed E-state index contributed by atoms with van der Waals surface area (Å²) in [7, 11) is 0. The lowest BCUT2D eigenvalue weighted by atomic mass is 10.2. The van der Waals surface area contributed by atoms with Gasteiger partial charge in [0.1, 0.15) is 6.07 Å². The molecule has 0 fully saturated rings. The van der Waals surface area contributed by atoms with Gasteiger partial charge in [0, 0.05) is 0 Å². The molecule has 1 rings (SSSR count). The van der Waals surface area contributed by atoms with Crippen LogP contribution in [0.25, 0.3) is 0 Å². The third kappa shape index (κ3) is 1.73. The molecule has 0 aliphatic rings. The molecule has 0 saturated carbocycles. The van der Waals surface area contributed by atoms with Crippen molar-refractivity contribution in [3.8, 4) is 6.07 Å². The summed E-state index contributed by atoms with van der Waals surface area (Å²) in [5.41, 5.74) is -1.38. The zero-order valence-corrected chi connectivity index (χ0v) is 6.82. The predicted molar refractivity (Wildman–Crippen MR) is 38.9 cm³/mol. The molecule has 2 nitrogen and oxygen atoms in total. The fourth-order valence-corrected chi connectivity index (χ4v) is 1.02. The van der Waals surface area contributed by atoms with Crippen LogP contribution in [0.4, 0.5) is 13.2 Å². The standard InChI is InChI=1S/C7H2ClF3N2/c8-6-4(1-12)13-2-3(9)5(6)7(10)11/h2,7H. The van der Waals surface area contributed by atoms with Crippen molar-refractivity contribution >= 4 is 11.6 Å². The van der Waals surface area contributed by atoms with E-state index in [4.69, 9.17) is 16.9 Å². The monoisotopic (exact) mass is 206 g/mol. The molecular formula is C7H2ClF3N2. The van der Waals surface area contributed by atoms with Crippen LogP contribution in [0.5, 0.6) is 0 Å². The Morgan fingerprint density at radius 1 is 1.54 bits per heavy atom. The van der Waals surface area contributed by atoms with Gasteiger partial charge in [0.25, 0.3) is 6.43 Å². The van der Waals surface area contributed by atoms with Crippen molar-refractivity contribution in [2.75, 3.05) is 0 Å². The number of nitrogens with zero attached hydrogens (tertiary/aromatic N) is 2. The molecule has 0 saturated heterocycles. The van der Waals surface area contributed by atoms with Gasteiger partial charge in [0.05, 0.1) is 16.8 Å². The summed E-state index contributed by atoms with van der Waals surface area (Å²) in [4.78, 5) is 3.24. The van der Waals surface area contributed by atoms with Gasteiger partial charge >= 0.3 is 0 Å². The van der Waals surface area contributed by atoms with E-state index in [1.54, 1.807) is 0 Å². The van der Waals surface area contributed by atoms with Crippen molar-refractivity contribution in [3.05, 3.63) is 28.3 Å². The Balaban J connectivity index is 3.41. The molecule has 0 unspecified atom stereocenters. The SMILES string of the molecule is N#Cc1ncc(F)c(C(F)F)c1Cl. The van der Waals surface area contributed by atoms with Crippen LogP contribution in [0.2, 0.25) is 5.02 Å². The Hall–Kier alpha value is -1.28. The van der Waals surface area contributed by atoms with Gasteiger partial charge in [-0.05, 0) is 0 Å². The van der Waals surface area contributed by atoms with Crippen LogP contribution in [-0.4, -0.2) is 4.98 Å². The van der Waals surface area contributed by atoms with Crippen LogP contribution in [0.1, 0.15) is 17.7 Å². The van der Waals surface area contributed by atoms with Gasteiger partial charge in [-0.2, -0.15) is 5.26 Å². The average molecular weight is 207 g/mol. The number of aromatic nitrogens is 1. The van der Waals surface area contributed by atoms with Gasteiger partial charge in [-0.25, -0.2) is 18.2 Å². The Morgan fingerprint density at radius 3 is 2.62 bits per heavy atom. The average Bonchev–Trinajstić information content (AvgIpc) is 2.04. The molecule has 0 radical (unpaired) electrons. The normalized spacial score (nSPS) is 10.2. The van der Waals surface area contributed by atoms with Crippen LogP contribution in [0.15, 0.2) is 6.20 Å². The molecular weight excluding hydrogens is 205 g/mol. The van der Waals surface area contributed by atoms with Crippen molar-refractivity contribution < 1.29 is 13.2 Å². The lowest BCUT2D eigenvalue weighted by molar-refractivity contribution is 0.146. The number of nitriles is 1. The summed E-state index contributed by atoms with van der Waals surface area (Å²) in [5.74, 6) is -1.21. The van der Waals surface area contributed by atoms with Gasteiger partial charge in [-0.1, -0.05) is 11.6 Å². The Morgan fingerprint density at radius 2 is 2.15 bits per heavy atom. The molecule has 68 valence electrons. The van der Waals surface area contributed by atoms with E-state index in [-0.39, 0.29) is 0 Å². The van der Waals surface area contributed by atoms with Gasteiger partial charge in [0.15, 0.2) is 11.5 Å². The maximum atomic E-state index is 12.7. The third-order valence-electron chi connectivity index (χ3n) is 1.33. The van der Waals surface area contributed by atoms with Crippen LogP contribution in [-0.2, 0) is 0 Å². The molecule has 1 aromatic rings. The maximum Gasteiger partial charge on any atom is 0.268 e. The van der Waals surface area contributed by atoms with Crippen LogP contribution >= 0.6 is 11.6 Å². The van der Waals surface area contributed by atoms with Crippen molar-refractivity contribution in [1.29, 1.82) is 5.26 Å². The van der Waals surface area contributed by atoms with E-state index in [9.17, 15) is 13.2 Å². The van der Waals surface area contributed by atoms with Crippen LogP contribution in [0, 0.1) is 17.1 Å². The smallest absolute Gasteiger partial charge is 0.241 e. The fraction of sp³-hybridized carbons (Fsp3) is 0.143. The first kappa shape index (κ1) is 9.81. The highest BCUT2D eigenvalue weighted by atomic mass is 35.5. The zero-order chi connectivity index (χ0) is 10.0. The molecule has 0 aliphatic carbocycles. The van der Waals surface area contributed by atoms with Crippen molar-refractivity contribution in [2.45, 2.75) is 6.43 Å². The molecule has 0 atom stereocenters. The first-order valence-electron chi connectivity index (χ1n) is 3.10. The minimum absolute atomic E-state index is 0.404. The predicted octanol–water partition coefficient (Wildman–Crippen LogP) is 2.68. The molecule has 1 aromatic heterocycles. The summed E-state index contributed by atoms with van der Waals surface area (Å²) in [6.07, 6.45) is -2.51. The first-order chi connectivity index (χ1) is 6.07. The second kappa shape index (κ2) is 3.62. The van der Waals surface area contributed by atoms with Crippen molar-refractivity contribution in [3.63, 3.8) is 0 Å². The van der Waals surface area contributed by atoms with Crippen LogP contribution < -0.4 is 0 Å². The molecule has 0 amide bonds. The van der Waals surface area contributed by atoms with E-state index in [1.165, 1.54) is 6.07 Å². The fourth-order valence-electron chi connectivity index (χ4n) is 0.758. The zero-order valence-electron chi connectivity index (χ0n) is 6.06. The van der Waals surface area contributed by atoms with E-state index < -0.39 is 28.5 Å². The Bertz CT molecular complexity index is 373. The Labute approximate surface area is 76.6 Å². The first-order valence-corrected chi connectivity index (χ1v) is 3.48. The Kier molecular flexibility index (Phi) is 2.73. The van der Waals surface area contributed by atoms with E-state index >= 15 is 0 Å². The summed E-state index contributed by atoms with van der Waals surface area (Å²) < 4.78 is 37.0. The molecule has 0 aliphatic heterocycles. The topological polar surface area (TPSA) is 36.7 Å². The minimum Gasteiger partial charge on any atom is -0.241 e. The highest BCUT2D eigenvalue weighted by molar-refractivity contribution is 6.32. The number of alkyl halides is 2. The van der Waals surface area contributed by atoms with E-state index in [0.29, 0.717) is 6.20 Å². The molecule has 6 heteroatoms. The van der Waals surface area contributed by atoms with E-state index in [0.717, 1.165) is 0 Å². The number of hydrogen-bond acceptors (Lipinski definition) is 2. The molecule has 0 aromatic carbocycles. The van der Waals surface area contributed by atoms with Crippen molar-refractivity contribution in [1.82, 2.24) is 4.98 Å². The van der Waals surface area contributed by atoms with Gasteiger partial charge in [-0.3, -0.25) is 0 Å². The molecule has 13 heavy (non-hydrogen) atoms. The second-order valence-electron chi connectivity index (χ2n) is 2.09. The summed E-state index contributed by atoms with van der Waals surface area (Å²) in [6, 6.07) is 1.47. The lowest BCUT2D eigenvalue weighted by Crippen LogP contribution is -1.97. The van der Waals surface area contributed by atoms with Crippen LogP contribution in [0.3, 0.4) is 0 Å². The summed E-state index contributed by atoms with van der Waals surface area (Å²) in [5, 5.41) is 7.72. The molecule has 0 bridgehead atoms.